The highest BCUT2D eigenvalue weighted by Crippen LogP contribution is 2.46. The lowest BCUT2D eigenvalue weighted by atomic mass is 10.1. The number of ether oxygens (including phenoxy) is 1. The van der Waals surface area contributed by atoms with E-state index in [0.29, 0.717) is 0 Å². The minimum atomic E-state index is -0.377. The highest BCUT2D eigenvalue weighted by Gasteiger charge is 2.42. The summed E-state index contributed by atoms with van der Waals surface area (Å²) in [6.07, 6.45) is 1.95. The van der Waals surface area contributed by atoms with Gasteiger partial charge in [-0.15, -0.1) is 0 Å². The van der Waals surface area contributed by atoms with Crippen LogP contribution in [0.4, 0.5) is 5.69 Å². The summed E-state index contributed by atoms with van der Waals surface area (Å²) in [5.41, 5.74) is 7.73. The summed E-state index contributed by atoms with van der Waals surface area (Å²) >= 11 is 1.68. The van der Waals surface area contributed by atoms with Crippen LogP contribution in [0.1, 0.15) is 16.7 Å². The van der Waals surface area contributed by atoms with Crippen molar-refractivity contribution in [2.45, 2.75) is 11.8 Å². The van der Waals surface area contributed by atoms with Crippen molar-refractivity contribution in [1.29, 1.82) is 0 Å². The van der Waals surface area contributed by atoms with E-state index >= 15 is 0 Å². The van der Waals surface area contributed by atoms with Gasteiger partial charge in [0.25, 0.3) is 0 Å². The summed E-state index contributed by atoms with van der Waals surface area (Å²) in [7, 11) is 1.67. The summed E-state index contributed by atoms with van der Waals surface area (Å²) < 4.78 is 5.20. The molecule has 2 aromatic carbocycles. The molecular formula is C17H15N3OS. The first-order valence-corrected chi connectivity index (χ1v) is 7.86. The van der Waals surface area contributed by atoms with Crippen LogP contribution in [0.2, 0.25) is 0 Å². The van der Waals surface area contributed by atoms with Crippen molar-refractivity contribution in [2.75, 3.05) is 7.11 Å². The van der Waals surface area contributed by atoms with E-state index in [1.165, 1.54) is 5.56 Å². The minimum Gasteiger partial charge on any atom is -0.497 e. The van der Waals surface area contributed by atoms with Crippen molar-refractivity contribution in [3.63, 3.8) is 0 Å². The molecule has 0 fully saturated rings. The number of hydrazone groups is 1. The largest absolute Gasteiger partial charge is 0.497 e. The molecule has 1 N–H and O–H groups in total. The van der Waals surface area contributed by atoms with Crippen LogP contribution in [0.5, 0.6) is 5.75 Å². The third-order valence-corrected chi connectivity index (χ3v) is 5.12. The standard InChI is InChI=1S/C17H15N3OS/c1-11-3-8-14-15(9-11)18-10-17(14)20-19-16(22-17)12-4-6-13(21-2)7-5-12/h3-10,20H,1-2H3. The number of nitrogens with one attached hydrogen (secondary N) is 1. The van der Waals surface area contributed by atoms with E-state index in [2.05, 4.69) is 40.6 Å². The van der Waals surface area contributed by atoms with E-state index in [9.17, 15) is 0 Å². The molecule has 0 saturated heterocycles. The summed E-state index contributed by atoms with van der Waals surface area (Å²) in [5, 5.41) is 5.48. The zero-order chi connectivity index (χ0) is 15.2. The van der Waals surface area contributed by atoms with Gasteiger partial charge in [0, 0.05) is 17.3 Å². The number of hydrogen-bond acceptors (Lipinski definition) is 5. The highest BCUT2D eigenvalue weighted by atomic mass is 32.2. The Morgan fingerprint density at radius 3 is 2.73 bits per heavy atom. The number of hydrogen-bond donors (Lipinski definition) is 1. The van der Waals surface area contributed by atoms with Crippen LogP contribution in [0.25, 0.3) is 0 Å². The molecule has 2 aromatic rings. The van der Waals surface area contributed by atoms with Crippen molar-refractivity contribution < 1.29 is 4.74 Å². The second kappa shape index (κ2) is 4.88. The molecular weight excluding hydrogens is 294 g/mol. The van der Waals surface area contributed by atoms with Crippen molar-refractivity contribution in [2.24, 2.45) is 10.1 Å². The van der Waals surface area contributed by atoms with E-state index in [1.807, 2.05) is 30.5 Å². The predicted molar refractivity (Wildman–Crippen MR) is 91.3 cm³/mol. The SMILES string of the molecule is COc1ccc(C2=NNC3(C=Nc4cc(C)ccc43)S2)cc1. The Bertz CT molecular complexity index is 798. The van der Waals surface area contributed by atoms with Gasteiger partial charge in [-0.05, 0) is 42.8 Å². The zero-order valence-corrected chi connectivity index (χ0v) is 13.1. The molecule has 0 aromatic heterocycles. The fourth-order valence-corrected chi connectivity index (χ4v) is 3.78. The lowest BCUT2D eigenvalue weighted by Crippen LogP contribution is -2.32. The van der Waals surface area contributed by atoms with Crippen LogP contribution >= 0.6 is 11.8 Å². The molecule has 22 heavy (non-hydrogen) atoms. The normalized spacial score (nSPS) is 21.6. The molecule has 4 rings (SSSR count). The van der Waals surface area contributed by atoms with Gasteiger partial charge in [-0.2, -0.15) is 5.10 Å². The summed E-state index contributed by atoms with van der Waals surface area (Å²) in [6.45, 7) is 2.08. The van der Waals surface area contributed by atoms with Crippen molar-refractivity contribution in [1.82, 2.24) is 5.43 Å². The average Bonchev–Trinajstić information content (AvgIpc) is 3.13. The number of nitrogens with zero attached hydrogens (tertiary/aromatic N) is 2. The van der Waals surface area contributed by atoms with Crippen LogP contribution in [-0.4, -0.2) is 18.4 Å². The maximum Gasteiger partial charge on any atom is 0.168 e. The first kappa shape index (κ1) is 13.4. The number of thioether (sulfide) groups is 1. The molecule has 4 nitrogen and oxygen atoms in total. The molecule has 2 aliphatic heterocycles. The van der Waals surface area contributed by atoms with Gasteiger partial charge in [0.05, 0.1) is 12.8 Å². The van der Waals surface area contributed by atoms with Crippen molar-refractivity contribution in [3.8, 4) is 5.75 Å². The fraction of sp³-hybridized carbons (Fsp3) is 0.176. The van der Waals surface area contributed by atoms with E-state index in [4.69, 9.17) is 4.74 Å². The number of rotatable bonds is 2. The Labute approximate surface area is 133 Å². The predicted octanol–water partition coefficient (Wildman–Crippen LogP) is 3.57. The number of aliphatic imine (C=N–C) groups is 1. The van der Waals surface area contributed by atoms with Gasteiger partial charge in [0.15, 0.2) is 4.87 Å². The average molecular weight is 309 g/mol. The molecule has 2 heterocycles. The van der Waals surface area contributed by atoms with Crippen LogP contribution in [0.3, 0.4) is 0 Å². The Morgan fingerprint density at radius 1 is 1.14 bits per heavy atom. The third kappa shape index (κ3) is 2.01. The molecule has 0 radical (unpaired) electrons. The van der Waals surface area contributed by atoms with Crippen LogP contribution in [0, 0.1) is 6.92 Å². The maximum atomic E-state index is 5.20. The molecule has 1 spiro atoms. The maximum absolute atomic E-state index is 5.20. The molecule has 110 valence electrons. The van der Waals surface area contributed by atoms with E-state index < -0.39 is 0 Å². The lowest BCUT2D eigenvalue weighted by molar-refractivity contribution is 0.415. The smallest absolute Gasteiger partial charge is 0.168 e. The molecule has 2 aliphatic rings. The van der Waals surface area contributed by atoms with Gasteiger partial charge in [-0.25, -0.2) is 0 Å². The van der Waals surface area contributed by atoms with Gasteiger partial charge in [0.2, 0.25) is 0 Å². The van der Waals surface area contributed by atoms with E-state index in [-0.39, 0.29) is 4.87 Å². The lowest BCUT2D eigenvalue weighted by Gasteiger charge is -2.20. The van der Waals surface area contributed by atoms with Gasteiger partial charge in [-0.1, -0.05) is 23.9 Å². The van der Waals surface area contributed by atoms with Gasteiger partial charge >= 0.3 is 0 Å². The zero-order valence-electron chi connectivity index (χ0n) is 12.3. The summed E-state index contributed by atoms with van der Waals surface area (Å²) in [6, 6.07) is 14.3. The quantitative estimate of drug-likeness (QED) is 0.922. The third-order valence-electron chi connectivity index (χ3n) is 3.86. The Balaban J connectivity index is 1.64. The van der Waals surface area contributed by atoms with Gasteiger partial charge in [0.1, 0.15) is 10.8 Å². The summed E-state index contributed by atoms with van der Waals surface area (Å²) in [4.78, 5) is 4.17. The highest BCUT2D eigenvalue weighted by molar-refractivity contribution is 8.16. The molecule has 0 aliphatic carbocycles. The van der Waals surface area contributed by atoms with Crippen LogP contribution in [-0.2, 0) is 4.87 Å². The Kier molecular flexibility index (Phi) is 2.97. The molecule has 1 unspecified atom stereocenters. The minimum absolute atomic E-state index is 0.377. The van der Waals surface area contributed by atoms with E-state index in [0.717, 1.165) is 27.6 Å². The Morgan fingerprint density at radius 2 is 1.95 bits per heavy atom. The fourth-order valence-electron chi connectivity index (χ4n) is 2.65. The van der Waals surface area contributed by atoms with Gasteiger partial charge in [-0.3, -0.25) is 10.4 Å². The van der Waals surface area contributed by atoms with Gasteiger partial charge < -0.3 is 4.74 Å². The number of aryl methyl sites for hydroxylation is 1. The molecule has 0 amide bonds. The second-order valence-corrected chi connectivity index (χ2v) is 6.61. The monoisotopic (exact) mass is 309 g/mol. The first-order valence-electron chi connectivity index (χ1n) is 7.05. The van der Waals surface area contributed by atoms with Crippen LogP contribution in [0.15, 0.2) is 52.6 Å². The Hall–Kier alpha value is -2.27. The molecule has 0 saturated carbocycles. The first-order chi connectivity index (χ1) is 10.7. The van der Waals surface area contributed by atoms with Crippen LogP contribution < -0.4 is 10.2 Å². The topological polar surface area (TPSA) is 46.0 Å². The second-order valence-electron chi connectivity index (χ2n) is 5.37. The molecule has 5 heteroatoms. The van der Waals surface area contributed by atoms with Crippen molar-refractivity contribution >= 4 is 28.7 Å². The van der Waals surface area contributed by atoms with E-state index in [1.54, 1.807) is 18.9 Å². The van der Waals surface area contributed by atoms with Crippen molar-refractivity contribution in [3.05, 3.63) is 59.2 Å². The molecule has 0 bridgehead atoms. The number of fused-ring (bicyclic) bond motifs is 2. The molecule has 1 atom stereocenters. The summed E-state index contributed by atoms with van der Waals surface area (Å²) in [5.74, 6) is 0.846. The number of benzene rings is 2. The number of methoxy groups -OCH3 is 1.